The third-order valence-electron chi connectivity index (χ3n) is 5.19. The molecule has 0 spiro atoms. The summed E-state index contributed by atoms with van der Waals surface area (Å²) in [5, 5.41) is 0. The number of rotatable bonds is 4. The van der Waals surface area contributed by atoms with Crippen LogP contribution in [-0.2, 0) is 17.8 Å². The quantitative estimate of drug-likeness (QED) is 0.887. The van der Waals surface area contributed by atoms with Crippen molar-refractivity contribution in [3.63, 3.8) is 0 Å². The van der Waals surface area contributed by atoms with Crippen LogP contribution in [0.15, 0.2) is 48.5 Å². The number of amides is 1. The van der Waals surface area contributed by atoms with Crippen LogP contribution in [0.4, 0.5) is 0 Å². The Bertz CT molecular complexity index is 749. The lowest BCUT2D eigenvalue weighted by molar-refractivity contribution is -0.139. The summed E-state index contributed by atoms with van der Waals surface area (Å²) in [5.74, 6) is 0.722. The number of carbonyl (C=O) groups is 1. The maximum absolute atomic E-state index is 13.1. The van der Waals surface area contributed by atoms with Gasteiger partial charge in [0.15, 0.2) is 0 Å². The molecule has 1 aliphatic rings. The summed E-state index contributed by atoms with van der Waals surface area (Å²) in [6.07, 6.45) is 0.806. The van der Waals surface area contributed by atoms with Gasteiger partial charge in [-0.3, -0.25) is 4.79 Å². The molecular weight excluding hydrogens is 348 g/mol. The molecule has 2 aromatic rings. The average Bonchev–Trinajstić information content (AvgIpc) is 2.65. The topological polar surface area (TPSA) is 55.6 Å². The number of ether oxygens (including phenoxy) is 1. The second-order valence-electron chi connectivity index (χ2n) is 6.88. The Labute approximate surface area is 161 Å². The van der Waals surface area contributed by atoms with Gasteiger partial charge >= 0.3 is 0 Å². The molecular formula is C21H27ClN2O2. The first-order valence-corrected chi connectivity index (χ1v) is 8.78. The molecule has 3 atom stereocenters. The van der Waals surface area contributed by atoms with Crippen LogP contribution in [0.25, 0.3) is 0 Å². The van der Waals surface area contributed by atoms with Crippen LogP contribution in [0.2, 0.25) is 0 Å². The van der Waals surface area contributed by atoms with Crippen LogP contribution in [0.5, 0.6) is 5.75 Å². The van der Waals surface area contributed by atoms with E-state index in [9.17, 15) is 4.79 Å². The maximum atomic E-state index is 13.1. The van der Waals surface area contributed by atoms with E-state index in [4.69, 9.17) is 10.5 Å². The van der Waals surface area contributed by atoms with E-state index in [1.807, 2.05) is 49.1 Å². The second-order valence-corrected chi connectivity index (χ2v) is 6.88. The Balaban J connectivity index is 0.00000243. The molecule has 4 nitrogen and oxygen atoms in total. The Morgan fingerprint density at radius 2 is 1.85 bits per heavy atom. The van der Waals surface area contributed by atoms with Crippen molar-refractivity contribution in [2.75, 3.05) is 7.11 Å². The Kier molecular flexibility index (Phi) is 6.68. The van der Waals surface area contributed by atoms with Crippen molar-refractivity contribution in [3.8, 4) is 5.75 Å². The van der Waals surface area contributed by atoms with E-state index in [-0.39, 0.29) is 36.3 Å². The molecule has 3 rings (SSSR count). The second kappa shape index (κ2) is 8.56. The van der Waals surface area contributed by atoms with E-state index in [0.717, 1.165) is 23.3 Å². The van der Waals surface area contributed by atoms with Gasteiger partial charge in [0.05, 0.1) is 19.1 Å². The van der Waals surface area contributed by atoms with Crippen molar-refractivity contribution >= 4 is 18.3 Å². The summed E-state index contributed by atoms with van der Waals surface area (Å²) in [6.45, 7) is 4.39. The van der Waals surface area contributed by atoms with Crippen LogP contribution < -0.4 is 10.5 Å². The number of nitrogens with two attached hydrogens (primary N) is 1. The van der Waals surface area contributed by atoms with Crippen LogP contribution in [0.1, 0.15) is 36.6 Å². The maximum Gasteiger partial charge on any atom is 0.227 e. The minimum atomic E-state index is -0.210. The van der Waals surface area contributed by atoms with Gasteiger partial charge in [-0.25, -0.2) is 0 Å². The lowest BCUT2D eigenvalue weighted by atomic mass is 9.88. The molecule has 2 aromatic carbocycles. The van der Waals surface area contributed by atoms with Gasteiger partial charge in [-0.15, -0.1) is 12.4 Å². The summed E-state index contributed by atoms with van der Waals surface area (Å²) in [4.78, 5) is 15.1. The summed E-state index contributed by atoms with van der Waals surface area (Å²) >= 11 is 0. The van der Waals surface area contributed by atoms with Gasteiger partial charge < -0.3 is 15.4 Å². The van der Waals surface area contributed by atoms with Gasteiger partial charge in [0.2, 0.25) is 5.91 Å². The highest BCUT2D eigenvalue weighted by Gasteiger charge is 2.34. The third-order valence-corrected chi connectivity index (χ3v) is 5.19. The number of fused-ring (bicyclic) bond motifs is 1. The van der Waals surface area contributed by atoms with Crippen LogP contribution >= 0.6 is 12.4 Å². The molecule has 2 N–H and O–H groups in total. The first-order chi connectivity index (χ1) is 12.0. The average molecular weight is 375 g/mol. The molecule has 0 bridgehead atoms. The van der Waals surface area contributed by atoms with E-state index in [1.54, 1.807) is 7.11 Å². The molecule has 1 amide bonds. The van der Waals surface area contributed by atoms with Crippen LogP contribution in [0.3, 0.4) is 0 Å². The summed E-state index contributed by atoms with van der Waals surface area (Å²) in [5.41, 5.74) is 9.58. The van der Waals surface area contributed by atoms with Gasteiger partial charge in [0.25, 0.3) is 0 Å². The van der Waals surface area contributed by atoms with E-state index < -0.39 is 0 Å². The summed E-state index contributed by atoms with van der Waals surface area (Å²) in [6, 6.07) is 16.2. The molecule has 0 aliphatic carbocycles. The number of halogens is 1. The fourth-order valence-electron chi connectivity index (χ4n) is 3.38. The zero-order valence-corrected chi connectivity index (χ0v) is 16.3. The normalized spacial score (nSPS) is 18.3. The minimum absolute atomic E-state index is 0. The number of hydrogen-bond donors (Lipinski definition) is 1. The molecule has 0 radical (unpaired) electrons. The molecule has 26 heavy (non-hydrogen) atoms. The fraction of sp³-hybridized carbons (Fsp3) is 0.381. The number of nitrogens with zero attached hydrogens (tertiary/aromatic N) is 1. The number of methoxy groups -OCH3 is 1. The SMILES string of the molecule is COc1ccc2c(c1)CN(C(=O)C(C)C(C)N)C(c1ccccc1)C2.Cl. The number of benzene rings is 2. The van der Waals surface area contributed by atoms with Crippen molar-refractivity contribution in [2.24, 2.45) is 11.7 Å². The van der Waals surface area contributed by atoms with Crippen molar-refractivity contribution in [1.29, 1.82) is 0 Å². The van der Waals surface area contributed by atoms with Crippen LogP contribution in [0, 0.1) is 5.92 Å². The van der Waals surface area contributed by atoms with E-state index in [1.165, 1.54) is 5.56 Å². The standard InChI is InChI=1S/C21H26N2O2.ClH/c1-14(15(2)22)21(24)23-13-18-11-19(25-3)10-9-17(18)12-20(23)16-7-5-4-6-8-16;/h4-11,14-15,20H,12-13,22H2,1-3H3;1H. The molecule has 3 unspecified atom stereocenters. The summed E-state index contributed by atoms with van der Waals surface area (Å²) in [7, 11) is 1.67. The lowest BCUT2D eigenvalue weighted by Gasteiger charge is -2.39. The fourth-order valence-corrected chi connectivity index (χ4v) is 3.38. The number of carbonyl (C=O) groups excluding carboxylic acids is 1. The summed E-state index contributed by atoms with van der Waals surface area (Å²) < 4.78 is 5.35. The third kappa shape index (κ3) is 4.02. The Hall–Kier alpha value is -2.04. The monoisotopic (exact) mass is 374 g/mol. The zero-order chi connectivity index (χ0) is 18.0. The molecule has 0 fully saturated rings. The van der Waals surface area contributed by atoms with Crippen molar-refractivity contribution in [1.82, 2.24) is 4.90 Å². The van der Waals surface area contributed by atoms with E-state index >= 15 is 0 Å². The van der Waals surface area contributed by atoms with Crippen molar-refractivity contribution in [2.45, 2.75) is 38.9 Å². The minimum Gasteiger partial charge on any atom is -0.497 e. The highest BCUT2D eigenvalue weighted by Crippen LogP contribution is 2.35. The van der Waals surface area contributed by atoms with Crippen LogP contribution in [-0.4, -0.2) is 24.0 Å². The predicted molar refractivity (Wildman–Crippen MR) is 106 cm³/mol. The first kappa shape index (κ1) is 20.3. The van der Waals surface area contributed by atoms with E-state index in [2.05, 4.69) is 18.2 Å². The molecule has 1 heterocycles. The molecule has 1 aliphatic heterocycles. The Morgan fingerprint density at radius 3 is 2.46 bits per heavy atom. The van der Waals surface area contributed by atoms with Crippen molar-refractivity contribution < 1.29 is 9.53 Å². The van der Waals surface area contributed by atoms with Gasteiger partial charge in [0, 0.05) is 12.6 Å². The molecule has 0 saturated carbocycles. The largest absolute Gasteiger partial charge is 0.497 e. The lowest BCUT2D eigenvalue weighted by Crippen LogP contribution is -2.45. The Morgan fingerprint density at radius 1 is 1.15 bits per heavy atom. The molecule has 140 valence electrons. The van der Waals surface area contributed by atoms with Crippen molar-refractivity contribution in [3.05, 3.63) is 65.2 Å². The van der Waals surface area contributed by atoms with Gasteiger partial charge in [-0.2, -0.15) is 0 Å². The van der Waals surface area contributed by atoms with Gasteiger partial charge in [0.1, 0.15) is 5.75 Å². The molecule has 0 aromatic heterocycles. The predicted octanol–water partition coefficient (Wildman–Crippen LogP) is 3.73. The van der Waals surface area contributed by atoms with E-state index in [0.29, 0.717) is 6.54 Å². The zero-order valence-electron chi connectivity index (χ0n) is 15.5. The number of hydrogen-bond acceptors (Lipinski definition) is 3. The molecule has 5 heteroatoms. The van der Waals surface area contributed by atoms with Gasteiger partial charge in [-0.05, 0) is 42.2 Å². The smallest absolute Gasteiger partial charge is 0.227 e. The molecule has 0 saturated heterocycles. The highest BCUT2D eigenvalue weighted by molar-refractivity contribution is 5.85. The van der Waals surface area contributed by atoms with Gasteiger partial charge in [-0.1, -0.05) is 43.3 Å². The first-order valence-electron chi connectivity index (χ1n) is 8.78. The highest BCUT2D eigenvalue weighted by atomic mass is 35.5.